The Kier molecular flexibility index (Phi) is 4.85. The zero-order chi connectivity index (χ0) is 8.04. The highest BCUT2D eigenvalue weighted by atomic mass is 31.2. The molecule has 10 heavy (non-hydrogen) atoms. The van der Waals surface area contributed by atoms with E-state index < -0.39 is 7.82 Å². The first kappa shape index (κ1) is 10.1. The van der Waals surface area contributed by atoms with Crippen molar-refractivity contribution < 1.29 is 23.6 Å². The van der Waals surface area contributed by atoms with Gasteiger partial charge in [0, 0.05) is 0 Å². The van der Waals surface area contributed by atoms with Crippen LogP contribution in [-0.2, 0) is 13.8 Å². The van der Waals surface area contributed by atoms with Crippen LogP contribution in [0.25, 0.3) is 0 Å². The second-order valence-electron chi connectivity index (χ2n) is 1.52. The van der Waals surface area contributed by atoms with Crippen molar-refractivity contribution in [2.45, 2.75) is 6.92 Å². The first-order valence-electron chi connectivity index (χ1n) is 2.84. The van der Waals surface area contributed by atoms with E-state index in [1.54, 1.807) is 0 Å². The van der Waals surface area contributed by atoms with E-state index in [2.05, 4.69) is 9.26 Å². The van der Waals surface area contributed by atoms with Gasteiger partial charge in [-0.3, -0.25) is 4.52 Å². The van der Waals surface area contributed by atoms with E-state index in [1.165, 1.54) is 6.92 Å². The van der Waals surface area contributed by atoms with Crippen LogP contribution < -0.4 is 0 Å². The molecule has 1 aliphatic heterocycles. The summed E-state index contributed by atoms with van der Waals surface area (Å²) >= 11 is 0. The predicted molar refractivity (Wildman–Crippen MR) is 34.5 cm³/mol. The van der Waals surface area contributed by atoms with Crippen LogP contribution in [0.5, 0.6) is 0 Å². The van der Waals surface area contributed by atoms with Crippen molar-refractivity contribution in [1.29, 1.82) is 0 Å². The van der Waals surface area contributed by atoms with Gasteiger partial charge in [-0.25, -0.2) is 4.57 Å². The van der Waals surface area contributed by atoms with Gasteiger partial charge in [-0.15, -0.1) is 0 Å². The summed E-state index contributed by atoms with van der Waals surface area (Å²) in [5.74, 6) is 0. The molecule has 62 valence electrons. The summed E-state index contributed by atoms with van der Waals surface area (Å²) in [4.78, 5) is 15.8. The molecule has 1 aliphatic rings. The quantitative estimate of drug-likeness (QED) is 0.455. The molecular weight excluding hydrogens is 159 g/mol. The van der Waals surface area contributed by atoms with Crippen molar-refractivity contribution in [3.8, 4) is 0 Å². The normalized spacial score (nSPS) is 15.5. The molecule has 0 aromatic heterocycles. The van der Waals surface area contributed by atoms with E-state index >= 15 is 0 Å². The zero-order valence-electron chi connectivity index (χ0n) is 5.69. The lowest BCUT2D eigenvalue weighted by molar-refractivity contribution is 0.206. The summed E-state index contributed by atoms with van der Waals surface area (Å²) in [6.07, 6.45) is 0. The van der Waals surface area contributed by atoms with Crippen LogP contribution in [0.3, 0.4) is 0 Å². The van der Waals surface area contributed by atoms with Crippen LogP contribution in [0.15, 0.2) is 0 Å². The molecule has 0 unspecified atom stereocenters. The van der Waals surface area contributed by atoms with Gasteiger partial charge in [0.1, 0.15) is 0 Å². The van der Waals surface area contributed by atoms with Crippen molar-refractivity contribution in [1.82, 2.24) is 0 Å². The van der Waals surface area contributed by atoms with Gasteiger partial charge in [-0.05, 0) is 6.92 Å². The maximum atomic E-state index is 9.70. The van der Waals surface area contributed by atoms with Gasteiger partial charge in [0.15, 0.2) is 0 Å². The third kappa shape index (κ3) is 15.7. The van der Waals surface area contributed by atoms with Gasteiger partial charge in [0.25, 0.3) is 0 Å². The number of phosphoric ester groups is 1. The second-order valence-corrected chi connectivity index (χ2v) is 2.76. The Balaban J connectivity index is 0.000000219. The maximum Gasteiger partial charge on any atom is 0.469 e. The molecule has 1 rings (SSSR count). The van der Waals surface area contributed by atoms with E-state index in [4.69, 9.17) is 9.79 Å². The van der Waals surface area contributed by atoms with Crippen molar-refractivity contribution in [3.05, 3.63) is 0 Å². The third-order valence-corrected chi connectivity index (χ3v) is 1.10. The SMILES string of the molecule is C1CO1.CCOP(=O)(O)O. The molecule has 0 saturated carbocycles. The first-order valence-corrected chi connectivity index (χ1v) is 4.37. The van der Waals surface area contributed by atoms with Gasteiger partial charge in [-0.1, -0.05) is 0 Å². The molecule has 1 saturated heterocycles. The largest absolute Gasteiger partial charge is 0.469 e. The number of hydrogen-bond donors (Lipinski definition) is 2. The topological polar surface area (TPSA) is 79.3 Å². The van der Waals surface area contributed by atoms with Crippen LogP contribution >= 0.6 is 7.82 Å². The van der Waals surface area contributed by atoms with Gasteiger partial charge in [0.2, 0.25) is 0 Å². The zero-order valence-corrected chi connectivity index (χ0v) is 6.58. The summed E-state index contributed by atoms with van der Waals surface area (Å²) in [6, 6.07) is 0. The van der Waals surface area contributed by atoms with E-state index in [1.807, 2.05) is 0 Å². The highest BCUT2D eigenvalue weighted by molar-refractivity contribution is 7.46. The minimum absolute atomic E-state index is 0.0459. The average molecular weight is 170 g/mol. The van der Waals surface area contributed by atoms with Crippen LogP contribution in [-0.4, -0.2) is 29.6 Å². The summed E-state index contributed by atoms with van der Waals surface area (Å²) in [6.45, 7) is 3.56. The lowest BCUT2D eigenvalue weighted by Crippen LogP contribution is -1.84. The lowest BCUT2D eigenvalue weighted by atomic mass is 10.9. The van der Waals surface area contributed by atoms with Gasteiger partial charge in [-0.2, -0.15) is 0 Å². The minimum Gasteiger partial charge on any atom is -0.377 e. The van der Waals surface area contributed by atoms with Crippen LogP contribution in [0.1, 0.15) is 6.92 Å². The minimum atomic E-state index is -4.17. The summed E-state index contributed by atoms with van der Waals surface area (Å²) in [7, 11) is -4.17. The summed E-state index contributed by atoms with van der Waals surface area (Å²) in [5, 5.41) is 0. The fourth-order valence-corrected chi connectivity index (χ4v) is 0.505. The molecule has 5 nitrogen and oxygen atoms in total. The van der Waals surface area contributed by atoms with E-state index in [9.17, 15) is 4.57 Å². The maximum absolute atomic E-state index is 9.70. The summed E-state index contributed by atoms with van der Waals surface area (Å²) in [5.41, 5.74) is 0. The Hall–Kier alpha value is 0.0700. The average Bonchev–Trinajstić information content (AvgIpc) is 2.40. The smallest absolute Gasteiger partial charge is 0.377 e. The lowest BCUT2D eigenvalue weighted by Gasteiger charge is -1.98. The van der Waals surface area contributed by atoms with Crippen LogP contribution in [0, 0.1) is 0 Å². The van der Waals surface area contributed by atoms with Gasteiger partial charge < -0.3 is 14.5 Å². The molecule has 6 heteroatoms. The molecule has 1 fully saturated rings. The van der Waals surface area contributed by atoms with E-state index in [-0.39, 0.29) is 6.61 Å². The standard InChI is InChI=1S/C2H7O4P.C2H4O/c1-2-6-7(3,4)5;1-2-3-1/h2H2,1H3,(H2,3,4,5);1-2H2. The van der Waals surface area contributed by atoms with Crippen molar-refractivity contribution >= 4 is 7.82 Å². The summed E-state index contributed by atoms with van der Waals surface area (Å²) < 4.78 is 18.1. The number of epoxide rings is 1. The molecule has 0 atom stereocenters. The molecule has 0 aliphatic carbocycles. The molecule has 2 N–H and O–H groups in total. The number of rotatable bonds is 2. The molecule has 0 spiro atoms. The number of ether oxygens (including phenoxy) is 1. The molecule has 1 heterocycles. The van der Waals surface area contributed by atoms with Crippen LogP contribution in [0.2, 0.25) is 0 Å². The van der Waals surface area contributed by atoms with Gasteiger partial charge >= 0.3 is 7.82 Å². The Labute approximate surface area is 59.2 Å². The Morgan fingerprint density at radius 2 is 2.00 bits per heavy atom. The highest BCUT2D eigenvalue weighted by Gasteiger charge is 2.10. The molecule has 0 amide bonds. The Morgan fingerprint density at radius 1 is 1.60 bits per heavy atom. The number of hydrogen-bond acceptors (Lipinski definition) is 3. The monoisotopic (exact) mass is 170 g/mol. The molecular formula is C4H11O5P. The third-order valence-electron chi connectivity index (χ3n) is 0.501. The van der Waals surface area contributed by atoms with E-state index in [0.29, 0.717) is 0 Å². The van der Waals surface area contributed by atoms with Crippen molar-refractivity contribution in [2.75, 3.05) is 19.8 Å². The van der Waals surface area contributed by atoms with Crippen molar-refractivity contribution in [2.24, 2.45) is 0 Å². The molecule has 0 aromatic carbocycles. The van der Waals surface area contributed by atoms with Crippen molar-refractivity contribution in [3.63, 3.8) is 0 Å². The first-order chi connectivity index (χ1) is 4.56. The molecule has 0 aromatic rings. The van der Waals surface area contributed by atoms with Crippen LogP contribution in [0.4, 0.5) is 0 Å². The highest BCUT2D eigenvalue weighted by Crippen LogP contribution is 2.34. The van der Waals surface area contributed by atoms with Gasteiger partial charge in [0.05, 0.1) is 19.8 Å². The Morgan fingerprint density at radius 3 is 2.00 bits per heavy atom. The fourth-order valence-electron chi connectivity index (χ4n) is 0.168. The molecule has 0 radical (unpaired) electrons. The number of phosphoric acid groups is 1. The molecule has 0 bridgehead atoms. The Bertz CT molecular complexity index is 114. The fraction of sp³-hybridized carbons (Fsp3) is 1.00. The predicted octanol–water partition coefficient (Wildman–Crippen LogP) is 0.132. The van der Waals surface area contributed by atoms with E-state index in [0.717, 1.165) is 13.2 Å². The second kappa shape index (κ2) is 4.82.